The van der Waals surface area contributed by atoms with E-state index in [0.717, 1.165) is 0 Å². The molecule has 8 heteroatoms. The maximum Gasteiger partial charge on any atom is 0.296 e. The summed E-state index contributed by atoms with van der Waals surface area (Å²) < 4.78 is 1.81. The van der Waals surface area contributed by atoms with Gasteiger partial charge in [0.15, 0.2) is 0 Å². The highest BCUT2D eigenvalue weighted by Gasteiger charge is 2.23. The molecule has 3 heterocycles. The van der Waals surface area contributed by atoms with Crippen molar-refractivity contribution in [2.24, 2.45) is 0 Å². The molecule has 0 saturated carbocycles. The number of amides is 1. The molecule has 0 spiro atoms. The summed E-state index contributed by atoms with van der Waals surface area (Å²) in [5.74, 6) is -1.52. The summed E-state index contributed by atoms with van der Waals surface area (Å²) in [5, 5.41) is 3.37. The Morgan fingerprint density at radius 2 is 1.96 bits per heavy atom. The molecule has 6 nitrogen and oxygen atoms in total. The lowest BCUT2D eigenvalue weighted by Crippen LogP contribution is -2.23. The molecule has 122 valence electrons. The molecule has 0 aromatic carbocycles. The number of aryl methyl sites for hydroxylation is 1. The highest BCUT2D eigenvalue weighted by atomic mass is 35.5. The van der Waals surface area contributed by atoms with Gasteiger partial charge in [-0.3, -0.25) is 14.6 Å². The molecule has 0 saturated heterocycles. The Bertz CT molecular complexity index is 932. The molecule has 0 aliphatic heterocycles. The molecule has 3 aromatic rings. The van der Waals surface area contributed by atoms with Gasteiger partial charge in [-0.15, -0.1) is 0 Å². The molecule has 0 bridgehead atoms. The molecule has 0 unspecified atom stereocenters. The number of anilines is 1. The summed E-state index contributed by atoms with van der Waals surface area (Å²) in [7, 11) is 0. The van der Waals surface area contributed by atoms with E-state index in [1.165, 1.54) is 12.4 Å². The molecule has 1 amide bonds. The first kappa shape index (κ1) is 16.4. The molecule has 3 rings (SSSR count). The summed E-state index contributed by atoms with van der Waals surface area (Å²) in [6, 6.07) is 3.47. The van der Waals surface area contributed by atoms with Crippen molar-refractivity contribution in [1.82, 2.24) is 14.5 Å². The zero-order chi connectivity index (χ0) is 17.3. The standard InChI is InChI=1S/C16H12Cl2N4O2/c1-2-22-8-10(9-4-3-5-20-15(9)22)14(23)16(24)21-13-11(17)6-19-7-12(13)18/h3-8H,2H2,1H3,(H,19,21,24). The van der Waals surface area contributed by atoms with Gasteiger partial charge < -0.3 is 9.88 Å². The fraction of sp³-hybridized carbons (Fsp3) is 0.125. The number of hydrogen-bond donors (Lipinski definition) is 1. The van der Waals surface area contributed by atoms with Crippen molar-refractivity contribution < 1.29 is 9.59 Å². The summed E-state index contributed by atoms with van der Waals surface area (Å²) in [6.07, 6.45) is 5.93. The number of Topliss-reactive ketones (excluding diaryl/α,β-unsaturated/α-hetero) is 1. The van der Waals surface area contributed by atoms with Crippen molar-refractivity contribution in [1.29, 1.82) is 0 Å². The van der Waals surface area contributed by atoms with Crippen molar-refractivity contribution in [3.63, 3.8) is 0 Å². The van der Waals surface area contributed by atoms with Gasteiger partial charge in [-0.25, -0.2) is 4.98 Å². The lowest BCUT2D eigenvalue weighted by molar-refractivity contribution is -0.112. The average molecular weight is 363 g/mol. The third kappa shape index (κ3) is 2.86. The molecule has 1 N–H and O–H groups in total. The minimum atomic E-state index is -0.830. The van der Waals surface area contributed by atoms with Crippen LogP contribution in [0.3, 0.4) is 0 Å². The van der Waals surface area contributed by atoms with E-state index in [-0.39, 0.29) is 21.3 Å². The van der Waals surface area contributed by atoms with Gasteiger partial charge in [-0.05, 0) is 19.1 Å². The van der Waals surface area contributed by atoms with Gasteiger partial charge >= 0.3 is 0 Å². The van der Waals surface area contributed by atoms with Crippen LogP contribution in [0.25, 0.3) is 11.0 Å². The highest BCUT2D eigenvalue weighted by Crippen LogP contribution is 2.29. The van der Waals surface area contributed by atoms with Gasteiger partial charge in [-0.2, -0.15) is 0 Å². The van der Waals surface area contributed by atoms with Gasteiger partial charge in [0.1, 0.15) is 5.65 Å². The Morgan fingerprint density at radius 3 is 2.62 bits per heavy atom. The van der Waals surface area contributed by atoms with Gasteiger partial charge in [0.25, 0.3) is 11.7 Å². The number of pyridine rings is 2. The van der Waals surface area contributed by atoms with Crippen LogP contribution >= 0.6 is 23.2 Å². The lowest BCUT2D eigenvalue weighted by atomic mass is 10.1. The van der Waals surface area contributed by atoms with Crippen LogP contribution in [0.15, 0.2) is 36.9 Å². The molecule has 0 atom stereocenters. The van der Waals surface area contributed by atoms with E-state index in [4.69, 9.17) is 23.2 Å². The second-order valence-electron chi connectivity index (χ2n) is 4.96. The van der Waals surface area contributed by atoms with Crippen molar-refractivity contribution in [2.45, 2.75) is 13.5 Å². The fourth-order valence-corrected chi connectivity index (χ4v) is 2.83. The number of nitrogens with one attached hydrogen (secondary N) is 1. The third-order valence-electron chi connectivity index (χ3n) is 3.52. The van der Waals surface area contributed by atoms with E-state index in [1.54, 1.807) is 24.5 Å². The number of fused-ring (bicyclic) bond motifs is 1. The average Bonchev–Trinajstić information content (AvgIpc) is 2.96. The predicted octanol–water partition coefficient (Wildman–Crippen LogP) is 3.58. The second kappa shape index (κ2) is 6.59. The number of aromatic nitrogens is 3. The highest BCUT2D eigenvalue weighted by molar-refractivity contribution is 6.50. The van der Waals surface area contributed by atoms with Crippen LogP contribution in [0.2, 0.25) is 10.0 Å². The van der Waals surface area contributed by atoms with E-state index >= 15 is 0 Å². The van der Waals surface area contributed by atoms with Crippen molar-refractivity contribution in [3.05, 3.63) is 52.5 Å². The number of carbonyl (C=O) groups is 2. The van der Waals surface area contributed by atoms with Crippen LogP contribution in [-0.2, 0) is 11.3 Å². The number of halogens is 2. The smallest absolute Gasteiger partial charge is 0.296 e. The van der Waals surface area contributed by atoms with Gasteiger partial charge in [0, 0.05) is 36.7 Å². The van der Waals surface area contributed by atoms with Gasteiger partial charge in [0.2, 0.25) is 0 Å². The Kier molecular flexibility index (Phi) is 4.51. The lowest BCUT2D eigenvalue weighted by Gasteiger charge is -2.07. The molecule has 0 aliphatic carbocycles. The first-order valence-corrected chi connectivity index (χ1v) is 7.87. The quantitative estimate of drug-likeness (QED) is 0.568. The van der Waals surface area contributed by atoms with Crippen LogP contribution in [0, 0.1) is 0 Å². The maximum atomic E-state index is 12.6. The second-order valence-corrected chi connectivity index (χ2v) is 5.78. The predicted molar refractivity (Wildman–Crippen MR) is 92.6 cm³/mol. The first-order chi connectivity index (χ1) is 11.5. The Labute approximate surface area is 147 Å². The molecular weight excluding hydrogens is 351 g/mol. The largest absolute Gasteiger partial charge is 0.332 e. The SMILES string of the molecule is CCn1cc(C(=O)C(=O)Nc2c(Cl)cncc2Cl)c2cccnc21. The number of rotatable bonds is 4. The molecule has 0 aliphatic rings. The van der Waals surface area contributed by atoms with Crippen LogP contribution in [0.5, 0.6) is 0 Å². The van der Waals surface area contributed by atoms with E-state index in [1.807, 2.05) is 11.5 Å². The third-order valence-corrected chi connectivity index (χ3v) is 4.09. The normalized spacial score (nSPS) is 10.8. The van der Waals surface area contributed by atoms with E-state index in [9.17, 15) is 9.59 Å². The summed E-state index contributed by atoms with van der Waals surface area (Å²) in [6.45, 7) is 2.56. The van der Waals surface area contributed by atoms with E-state index in [2.05, 4.69) is 15.3 Å². The molecular formula is C16H12Cl2N4O2. The number of carbonyl (C=O) groups excluding carboxylic acids is 2. The van der Waals surface area contributed by atoms with Crippen molar-refractivity contribution in [2.75, 3.05) is 5.32 Å². The van der Waals surface area contributed by atoms with Crippen LogP contribution in [0.4, 0.5) is 5.69 Å². The zero-order valence-electron chi connectivity index (χ0n) is 12.6. The maximum absolute atomic E-state index is 12.6. The summed E-state index contributed by atoms with van der Waals surface area (Å²) in [5.41, 5.74) is 1.08. The summed E-state index contributed by atoms with van der Waals surface area (Å²) >= 11 is 11.9. The van der Waals surface area contributed by atoms with Gasteiger partial charge in [0.05, 0.1) is 21.3 Å². The summed E-state index contributed by atoms with van der Waals surface area (Å²) in [4.78, 5) is 32.9. The number of nitrogens with zero attached hydrogens (tertiary/aromatic N) is 3. The number of hydrogen-bond acceptors (Lipinski definition) is 4. The minimum absolute atomic E-state index is 0.154. The van der Waals surface area contributed by atoms with Crippen molar-refractivity contribution in [3.8, 4) is 0 Å². The van der Waals surface area contributed by atoms with Crippen LogP contribution in [0.1, 0.15) is 17.3 Å². The molecule has 3 aromatic heterocycles. The van der Waals surface area contributed by atoms with E-state index in [0.29, 0.717) is 17.6 Å². The van der Waals surface area contributed by atoms with E-state index < -0.39 is 11.7 Å². The monoisotopic (exact) mass is 362 g/mol. The molecule has 24 heavy (non-hydrogen) atoms. The Balaban J connectivity index is 1.96. The first-order valence-electron chi connectivity index (χ1n) is 7.11. The molecule has 0 radical (unpaired) electrons. The topological polar surface area (TPSA) is 76.9 Å². The Hall–Kier alpha value is -2.44. The molecule has 0 fully saturated rings. The zero-order valence-corrected chi connectivity index (χ0v) is 14.1. The Morgan fingerprint density at radius 1 is 1.25 bits per heavy atom. The van der Waals surface area contributed by atoms with Gasteiger partial charge in [-0.1, -0.05) is 23.2 Å². The fourth-order valence-electron chi connectivity index (χ4n) is 2.37. The van der Waals surface area contributed by atoms with Crippen LogP contribution < -0.4 is 5.32 Å². The number of ketones is 1. The van der Waals surface area contributed by atoms with Crippen LogP contribution in [-0.4, -0.2) is 26.2 Å². The minimum Gasteiger partial charge on any atom is -0.332 e. The van der Waals surface area contributed by atoms with Crippen molar-refractivity contribution >= 4 is 51.6 Å².